The third-order valence-electron chi connectivity index (χ3n) is 4.71. The number of hydrogen-bond donors (Lipinski definition) is 0. The molecule has 2 aromatic rings. The Hall–Kier alpha value is -2.55. The minimum absolute atomic E-state index is 0.278. The summed E-state index contributed by atoms with van der Waals surface area (Å²) < 4.78 is 24.9. The molecule has 0 saturated heterocycles. The standard InChI is InChI=1S/C23H25FO2/c1-3-17-5-8-19(9-6-17)20-10-12-21(13-11-20)26-16-18-7-14-23(25-4-2)22(24)15-18/h3,5,7-8,10-15,17,19H,1,4,6,9,16H2,2H3. The van der Waals surface area contributed by atoms with Gasteiger partial charge in [0.05, 0.1) is 6.61 Å². The summed E-state index contributed by atoms with van der Waals surface area (Å²) in [6.45, 7) is 6.47. The van der Waals surface area contributed by atoms with Gasteiger partial charge >= 0.3 is 0 Å². The van der Waals surface area contributed by atoms with Crippen LogP contribution >= 0.6 is 0 Å². The minimum Gasteiger partial charge on any atom is -0.491 e. The first-order valence-electron chi connectivity index (χ1n) is 9.14. The van der Waals surface area contributed by atoms with Crippen LogP contribution in [-0.4, -0.2) is 6.61 Å². The van der Waals surface area contributed by atoms with Crippen LogP contribution in [-0.2, 0) is 6.61 Å². The Kier molecular flexibility index (Phi) is 6.11. The van der Waals surface area contributed by atoms with E-state index in [2.05, 4.69) is 30.9 Å². The predicted octanol–water partition coefficient (Wildman–Crippen LogP) is 6.04. The van der Waals surface area contributed by atoms with Crippen LogP contribution in [0.2, 0.25) is 0 Å². The second-order valence-electron chi connectivity index (χ2n) is 6.52. The van der Waals surface area contributed by atoms with Gasteiger partial charge in [-0.25, -0.2) is 4.39 Å². The topological polar surface area (TPSA) is 18.5 Å². The second kappa shape index (κ2) is 8.70. The third kappa shape index (κ3) is 4.54. The van der Waals surface area contributed by atoms with E-state index in [0.717, 1.165) is 24.2 Å². The molecule has 2 unspecified atom stereocenters. The van der Waals surface area contributed by atoms with Crippen LogP contribution in [0.1, 0.15) is 36.8 Å². The van der Waals surface area contributed by atoms with E-state index in [-0.39, 0.29) is 11.6 Å². The van der Waals surface area contributed by atoms with Crippen molar-refractivity contribution in [2.45, 2.75) is 32.3 Å². The monoisotopic (exact) mass is 352 g/mol. The average molecular weight is 352 g/mol. The normalized spacial score (nSPS) is 19.2. The predicted molar refractivity (Wildman–Crippen MR) is 103 cm³/mol. The zero-order valence-corrected chi connectivity index (χ0v) is 15.2. The maximum absolute atomic E-state index is 13.9. The van der Waals surface area contributed by atoms with Gasteiger partial charge in [0.1, 0.15) is 12.4 Å². The van der Waals surface area contributed by atoms with Gasteiger partial charge in [-0.05, 0) is 61.1 Å². The zero-order chi connectivity index (χ0) is 18.4. The fourth-order valence-electron chi connectivity index (χ4n) is 3.20. The van der Waals surface area contributed by atoms with Gasteiger partial charge in [0.15, 0.2) is 11.6 Å². The molecule has 0 bridgehead atoms. The summed E-state index contributed by atoms with van der Waals surface area (Å²) in [4.78, 5) is 0. The van der Waals surface area contributed by atoms with E-state index < -0.39 is 0 Å². The molecule has 0 radical (unpaired) electrons. The maximum Gasteiger partial charge on any atom is 0.165 e. The molecule has 1 aliphatic carbocycles. The van der Waals surface area contributed by atoms with Crippen molar-refractivity contribution in [3.63, 3.8) is 0 Å². The van der Waals surface area contributed by atoms with Gasteiger partial charge in [-0.3, -0.25) is 0 Å². The number of ether oxygens (including phenoxy) is 2. The van der Waals surface area contributed by atoms with Crippen molar-refractivity contribution in [3.8, 4) is 11.5 Å². The van der Waals surface area contributed by atoms with Crippen molar-refractivity contribution < 1.29 is 13.9 Å². The van der Waals surface area contributed by atoms with Gasteiger partial charge in [-0.2, -0.15) is 0 Å². The molecule has 3 heteroatoms. The highest BCUT2D eigenvalue weighted by molar-refractivity contribution is 5.33. The average Bonchev–Trinajstić information content (AvgIpc) is 2.69. The molecule has 0 heterocycles. The van der Waals surface area contributed by atoms with Crippen LogP contribution in [0, 0.1) is 11.7 Å². The summed E-state index contributed by atoms with van der Waals surface area (Å²) in [5, 5.41) is 0. The maximum atomic E-state index is 13.9. The SMILES string of the molecule is C=CC1C=CC(c2ccc(OCc3ccc(OCC)c(F)c3)cc2)CC1. The molecule has 2 nitrogen and oxygen atoms in total. The highest BCUT2D eigenvalue weighted by Crippen LogP contribution is 2.31. The number of rotatable bonds is 7. The lowest BCUT2D eigenvalue weighted by atomic mass is 9.84. The van der Waals surface area contributed by atoms with Crippen molar-refractivity contribution >= 4 is 0 Å². The van der Waals surface area contributed by atoms with Gasteiger partial charge in [0.2, 0.25) is 0 Å². The van der Waals surface area contributed by atoms with Crippen LogP contribution in [0.3, 0.4) is 0 Å². The van der Waals surface area contributed by atoms with Crippen LogP contribution in [0.25, 0.3) is 0 Å². The van der Waals surface area contributed by atoms with Crippen LogP contribution in [0.4, 0.5) is 4.39 Å². The van der Waals surface area contributed by atoms with E-state index >= 15 is 0 Å². The van der Waals surface area contributed by atoms with Gasteiger partial charge in [0.25, 0.3) is 0 Å². The molecule has 0 saturated carbocycles. The molecule has 2 atom stereocenters. The summed E-state index contributed by atoms with van der Waals surface area (Å²) >= 11 is 0. The summed E-state index contributed by atoms with van der Waals surface area (Å²) in [5.74, 6) is 1.67. The molecule has 0 aliphatic heterocycles. The van der Waals surface area contributed by atoms with Crippen molar-refractivity contribution in [1.82, 2.24) is 0 Å². The van der Waals surface area contributed by atoms with Crippen LogP contribution in [0.5, 0.6) is 11.5 Å². The Labute approximate surface area is 155 Å². The molecule has 1 aliphatic rings. The second-order valence-corrected chi connectivity index (χ2v) is 6.52. The van der Waals surface area contributed by atoms with E-state index in [1.54, 1.807) is 6.07 Å². The smallest absolute Gasteiger partial charge is 0.165 e. The largest absolute Gasteiger partial charge is 0.491 e. The van der Waals surface area contributed by atoms with Gasteiger partial charge < -0.3 is 9.47 Å². The lowest BCUT2D eigenvalue weighted by Crippen LogP contribution is -2.05. The van der Waals surface area contributed by atoms with E-state index in [0.29, 0.717) is 25.0 Å². The molecule has 0 spiro atoms. The Morgan fingerprint density at radius 2 is 1.88 bits per heavy atom. The molecule has 0 N–H and O–H groups in total. The molecule has 136 valence electrons. The Balaban J connectivity index is 1.58. The number of allylic oxidation sites excluding steroid dienone is 3. The number of hydrogen-bond acceptors (Lipinski definition) is 2. The minimum atomic E-state index is -0.356. The van der Waals surface area contributed by atoms with E-state index in [4.69, 9.17) is 9.47 Å². The van der Waals surface area contributed by atoms with Crippen LogP contribution < -0.4 is 9.47 Å². The van der Waals surface area contributed by atoms with Crippen molar-refractivity contribution in [1.29, 1.82) is 0 Å². The fourth-order valence-corrected chi connectivity index (χ4v) is 3.20. The highest BCUT2D eigenvalue weighted by Gasteiger charge is 2.15. The molecular weight excluding hydrogens is 327 g/mol. The Morgan fingerprint density at radius 1 is 1.08 bits per heavy atom. The zero-order valence-electron chi connectivity index (χ0n) is 15.2. The van der Waals surface area contributed by atoms with E-state index in [1.165, 1.54) is 11.6 Å². The number of benzene rings is 2. The number of halogens is 1. The first-order chi connectivity index (χ1) is 12.7. The molecule has 26 heavy (non-hydrogen) atoms. The van der Waals surface area contributed by atoms with Gasteiger partial charge in [0, 0.05) is 5.92 Å². The molecular formula is C23H25FO2. The molecule has 0 amide bonds. The van der Waals surface area contributed by atoms with Crippen LogP contribution in [0.15, 0.2) is 67.3 Å². The van der Waals surface area contributed by atoms with Crippen molar-refractivity contribution in [2.24, 2.45) is 5.92 Å². The molecule has 0 aromatic heterocycles. The third-order valence-corrected chi connectivity index (χ3v) is 4.71. The fraction of sp³-hybridized carbons (Fsp3) is 0.304. The van der Waals surface area contributed by atoms with E-state index in [9.17, 15) is 4.39 Å². The molecule has 0 fully saturated rings. The lowest BCUT2D eigenvalue weighted by Gasteiger charge is -2.21. The van der Waals surface area contributed by atoms with Crippen molar-refractivity contribution in [3.05, 3.63) is 84.2 Å². The molecule has 2 aromatic carbocycles. The van der Waals surface area contributed by atoms with E-state index in [1.807, 2.05) is 31.2 Å². The quantitative estimate of drug-likeness (QED) is 0.566. The Bertz CT molecular complexity index is 764. The van der Waals surface area contributed by atoms with Gasteiger partial charge in [-0.1, -0.05) is 36.4 Å². The van der Waals surface area contributed by atoms with Gasteiger partial charge in [-0.15, -0.1) is 6.58 Å². The first kappa shape index (κ1) is 18.2. The first-order valence-corrected chi connectivity index (χ1v) is 9.14. The lowest BCUT2D eigenvalue weighted by molar-refractivity contribution is 0.302. The highest BCUT2D eigenvalue weighted by atomic mass is 19.1. The summed E-state index contributed by atoms with van der Waals surface area (Å²) in [6, 6.07) is 13.1. The summed E-state index contributed by atoms with van der Waals surface area (Å²) in [7, 11) is 0. The summed E-state index contributed by atoms with van der Waals surface area (Å²) in [5.41, 5.74) is 2.07. The molecule has 3 rings (SSSR count). The Morgan fingerprint density at radius 3 is 2.50 bits per heavy atom. The summed E-state index contributed by atoms with van der Waals surface area (Å²) in [6.07, 6.45) is 8.80. The van der Waals surface area contributed by atoms with Crippen molar-refractivity contribution in [2.75, 3.05) is 6.61 Å².